The molecular weight excluding hydrogens is 923 g/mol. The first-order chi connectivity index (χ1) is 37.5. The average molecular weight is 988 g/mol. The maximum atomic E-state index is 6.33. The molecule has 2 heterocycles. The smallest absolute Gasteiger partial charge is 0.135 e. The number of rotatable bonds is 17. The van der Waals surface area contributed by atoms with Crippen molar-refractivity contribution in [3.8, 4) is 11.1 Å². The van der Waals surface area contributed by atoms with E-state index < -0.39 is 0 Å². The molecule has 0 N–H and O–H groups in total. The van der Waals surface area contributed by atoms with Crippen molar-refractivity contribution in [2.45, 2.75) is 44.9 Å². The van der Waals surface area contributed by atoms with Crippen LogP contribution in [0, 0.1) is 0 Å². The van der Waals surface area contributed by atoms with E-state index in [1.165, 1.54) is 45.0 Å². The molecule has 0 unspecified atom stereocenters. The Kier molecular flexibility index (Phi) is 16.1. The molecule has 0 amide bonds. The van der Waals surface area contributed by atoms with E-state index in [2.05, 4.69) is 260 Å². The molecule has 0 saturated carbocycles. The van der Waals surface area contributed by atoms with Crippen molar-refractivity contribution in [3.05, 3.63) is 319 Å². The summed E-state index contributed by atoms with van der Waals surface area (Å²) in [5.74, 6) is 0.748. The SMILES string of the molecule is C=CC(=C\C=C\C=C\c1c(C=C)oc2ccc(C3=CC=C(N(c4ccccc4)c4ccc(-c5ccc(N(C6=CCCC=C6)C6=CC=CCC6)cc5)cc4)CC3)cc12)/C1=C/C/C(C=C)=C(/C=C)N(c2ccccc2)C/C=C\1. The average Bonchev–Trinajstić information content (AvgIpc) is 3.90. The quantitative estimate of drug-likeness (QED) is 0.0850. The fourth-order valence-corrected chi connectivity index (χ4v) is 10.5. The molecule has 4 aliphatic rings. The number of nitrogens with zero attached hydrogens (tertiary/aromatic N) is 3. The largest absolute Gasteiger partial charge is 0.456 e. The number of fused-ring (bicyclic) bond motifs is 1. The molecule has 76 heavy (non-hydrogen) atoms. The van der Waals surface area contributed by atoms with Crippen molar-refractivity contribution < 1.29 is 4.42 Å². The van der Waals surface area contributed by atoms with Gasteiger partial charge in [-0.25, -0.2) is 0 Å². The lowest BCUT2D eigenvalue weighted by Crippen LogP contribution is -2.22. The van der Waals surface area contributed by atoms with Gasteiger partial charge in [-0.2, -0.15) is 0 Å². The van der Waals surface area contributed by atoms with Crippen molar-refractivity contribution in [1.29, 1.82) is 0 Å². The highest BCUT2D eigenvalue weighted by atomic mass is 16.3. The van der Waals surface area contributed by atoms with Crippen molar-refractivity contribution in [2.24, 2.45) is 0 Å². The Bertz CT molecular complexity index is 3520. The molecule has 0 bridgehead atoms. The number of anilines is 4. The Hall–Kier alpha value is -9.12. The van der Waals surface area contributed by atoms with Gasteiger partial charge < -0.3 is 19.1 Å². The fourth-order valence-electron chi connectivity index (χ4n) is 10.5. The summed E-state index contributed by atoms with van der Waals surface area (Å²) in [6.45, 7) is 17.3. The lowest BCUT2D eigenvalue weighted by Gasteiger charge is -2.31. The summed E-state index contributed by atoms with van der Waals surface area (Å²) in [6.07, 6.45) is 49.5. The molecule has 0 radical (unpaired) electrons. The normalized spacial score (nSPS) is 18.1. The minimum absolute atomic E-state index is 0.692. The maximum Gasteiger partial charge on any atom is 0.135 e. The second-order valence-electron chi connectivity index (χ2n) is 19.1. The Morgan fingerprint density at radius 3 is 1.96 bits per heavy atom. The highest BCUT2D eigenvalue weighted by Gasteiger charge is 2.21. The van der Waals surface area contributed by atoms with Crippen molar-refractivity contribution in [1.82, 2.24) is 0 Å². The zero-order valence-electron chi connectivity index (χ0n) is 43.4. The lowest BCUT2D eigenvalue weighted by molar-refractivity contribution is 0.603. The van der Waals surface area contributed by atoms with E-state index in [4.69, 9.17) is 4.42 Å². The first kappa shape index (κ1) is 50.4. The minimum atomic E-state index is 0.692. The van der Waals surface area contributed by atoms with Gasteiger partial charge >= 0.3 is 0 Å². The van der Waals surface area contributed by atoms with Gasteiger partial charge in [0.15, 0.2) is 0 Å². The van der Waals surface area contributed by atoms with Gasteiger partial charge in [0.05, 0.1) is 0 Å². The van der Waals surface area contributed by atoms with Crippen LogP contribution in [0.4, 0.5) is 22.7 Å². The number of benzene rings is 5. The summed E-state index contributed by atoms with van der Waals surface area (Å²) in [5.41, 5.74) is 19.4. The predicted molar refractivity (Wildman–Crippen MR) is 327 cm³/mol. The van der Waals surface area contributed by atoms with Gasteiger partial charge in [-0.3, -0.25) is 0 Å². The third-order valence-corrected chi connectivity index (χ3v) is 14.4. The summed E-state index contributed by atoms with van der Waals surface area (Å²) in [5, 5.41) is 1.06. The van der Waals surface area contributed by atoms with Gasteiger partial charge in [-0.05, 0) is 175 Å². The molecular formula is C72H65N3O. The van der Waals surface area contributed by atoms with Gasteiger partial charge in [0.1, 0.15) is 11.3 Å². The highest BCUT2D eigenvalue weighted by Crippen LogP contribution is 2.40. The highest BCUT2D eigenvalue weighted by molar-refractivity contribution is 5.93. The van der Waals surface area contributed by atoms with Crippen LogP contribution in [0.2, 0.25) is 0 Å². The summed E-state index contributed by atoms with van der Waals surface area (Å²) >= 11 is 0. The summed E-state index contributed by atoms with van der Waals surface area (Å²) < 4.78 is 6.33. The molecule has 10 rings (SSSR count). The minimum Gasteiger partial charge on any atom is -0.456 e. The molecule has 0 atom stereocenters. The Morgan fingerprint density at radius 2 is 1.30 bits per heavy atom. The van der Waals surface area contributed by atoms with E-state index in [0.717, 1.165) is 100 Å². The van der Waals surface area contributed by atoms with E-state index in [1.807, 2.05) is 24.3 Å². The van der Waals surface area contributed by atoms with Crippen LogP contribution >= 0.6 is 0 Å². The second kappa shape index (κ2) is 24.3. The van der Waals surface area contributed by atoms with E-state index in [9.17, 15) is 0 Å². The van der Waals surface area contributed by atoms with Crippen LogP contribution in [-0.2, 0) is 0 Å². The molecule has 4 heteroatoms. The standard InChI is InChI=1S/C72H65N3O/c1-5-54(56-26-24-52-73(61-27-15-10-16-28-61)70(7-3)55(6-2)36-37-56)25-14-9-23-35-68-69-53-60(44-51-72(69)76-71(68)8-4)59-42-49-67(50-43-59)75(64-33-21-13-22-34-64)66-47-40-58(41-48-66)57-38-45-65(46-39-57)74(62-29-17-11-18-30-62)63-31-19-12-20-32-63/h5-11,13-17,19,21-29,31-35,37-42,44-49,51,53H,1-4,12,18,20,30,36,43,50,52H2/b14-9+,26-24-,35-23+,54-25+,56-37+,70-55-. The molecule has 6 aromatic rings. The molecule has 374 valence electrons. The van der Waals surface area contributed by atoms with E-state index in [0.29, 0.717) is 13.0 Å². The van der Waals surface area contributed by atoms with Crippen LogP contribution in [0.25, 0.3) is 39.8 Å². The number of hydrogen-bond acceptors (Lipinski definition) is 4. The monoisotopic (exact) mass is 988 g/mol. The first-order valence-corrected chi connectivity index (χ1v) is 26.6. The van der Waals surface area contributed by atoms with Gasteiger partial charge in [-0.1, -0.05) is 184 Å². The molecule has 0 saturated heterocycles. The lowest BCUT2D eigenvalue weighted by atomic mass is 9.93. The van der Waals surface area contributed by atoms with Gasteiger partial charge in [0.25, 0.3) is 0 Å². The third-order valence-electron chi connectivity index (χ3n) is 14.4. The van der Waals surface area contributed by atoms with Crippen LogP contribution in [0.15, 0.2) is 307 Å². The van der Waals surface area contributed by atoms with E-state index in [-0.39, 0.29) is 0 Å². The van der Waals surface area contributed by atoms with E-state index >= 15 is 0 Å². The zero-order valence-corrected chi connectivity index (χ0v) is 43.4. The van der Waals surface area contributed by atoms with Crippen LogP contribution in [-0.4, -0.2) is 6.54 Å². The Labute approximate surface area is 450 Å². The summed E-state index contributed by atoms with van der Waals surface area (Å²) in [7, 11) is 0. The van der Waals surface area contributed by atoms with Crippen LogP contribution < -0.4 is 14.7 Å². The Morgan fingerprint density at radius 1 is 0.579 bits per heavy atom. The number of hydrogen-bond donors (Lipinski definition) is 0. The number of para-hydroxylation sites is 2. The third kappa shape index (κ3) is 11.3. The second-order valence-corrected chi connectivity index (χ2v) is 19.1. The van der Waals surface area contributed by atoms with Gasteiger partial charge in [-0.15, -0.1) is 0 Å². The zero-order chi connectivity index (χ0) is 52.1. The molecule has 4 nitrogen and oxygen atoms in total. The van der Waals surface area contributed by atoms with Crippen molar-refractivity contribution in [2.75, 3.05) is 21.2 Å². The number of furan rings is 1. The topological polar surface area (TPSA) is 22.9 Å². The summed E-state index contributed by atoms with van der Waals surface area (Å²) in [6, 6.07) is 45.7. The molecule has 1 aromatic heterocycles. The number of allylic oxidation sites excluding steroid dienone is 23. The Balaban J connectivity index is 0.861. The van der Waals surface area contributed by atoms with Crippen LogP contribution in [0.5, 0.6) is 0 Å². The van der Waals surface area contributed by atoms with Gasteiger partial charge in [0.2, 0.25) is 0 Å². The van der Waals surface area contributed by atoms with E-state index in [1.54, 1.807) is 6.08 Å². The molecule has 3 aliphatic carbocycles. The predicted octanol–water partition coefficient (Wildman–Crippen LogP) is 19.6. The van der Waals surface area contributed by atoms with Crippen LogP contribution in [0.1, 0.15) is 61.8 Å². The molecule has 0 fully saturated rings. The maximum absolute atomic E-state index is 6.33. The van der Waals surface area contributed by atoms with Crippen molar-refractivity contribution in [3.63, 3.8) is 0 Å². The summed E-state index contributed by atoms with van der Waals surface area (Å²) in [4.78, 5) is 7.10. The molecule has 0 spiro atoms. The molecule has 5 aromatic carbocycles. The van der Waals surface area contributed by atoms with Crippen molar-refractivity contribution >= 4 is 51.4 Å². The molecule has 1 aliphatic heterocycles. The van der Waals surface area contributed by atoms with Gasteiger partial charge in [0, 0.05) is 63.0 Å². The fraction of sp³-hybridized carbons (Fsp3) is 0.111. The first-order valence-electron chi connectivity index (χ1n) is 26.6. The van der Waals surface area contributed by atoms with Crippen LogP contribution in [0.3, 0.4) is 0 Å².